The van der Waals surface area contributed by atoms with Crippen molar-refractivity contribution in [3.8, 4) is 0 Å². The minimum absolute atomic E-state index is 0.00829. The fourth-order valence-corrected chi connectivity index (χ4v) is 3.46. The summed E-state index contributed by atoms with van der Waals surface area (Å²) in [6.45, 7) is 13.9. The molecule has 0 aromatic heterocycles. The Bertz CT molecular complexity index is 868. The van der Waals surface area contributed by atoms with Crippen molar-refractivity contribution in [2.45, 2.75) is 91.9 Å². The van der Waals surface area contributed by atoms with Gasteiger partial charge in [-0.15, -0.1) is 5.06 Å². The van der Waals surface area contributed by atoms with E-state index in [1.807, 2.05) is 34.6 Å². The van der Waals surface area contributed by atoms with Gasteiger partial charge in [-0.25, -0.2) is 4.79 Å². The van der Waals surface area contributed by atoms with Crippen LogP contribution in [0, 0.1) is 11.3 Å². The molecule has 0 aliphatic carbocycles. The number of hydroxylamine groups is 2. The lowest BCUT2D eigenvalue weighted by atomic mass is 9.84. The Morgan fingerprint density at radius 3 is 1.97 bits per heavy atom. The Hall–Kier alpha value is -2.79. The molecule has 1 rings (SSSR count). The number of likely N-dealkylation sites (N-methyl/N-ethyl adjacent to an activating group) is 1. The fraction of sp³-hybridized carbons (Fsp3) is 0.708. The Balaban J connectivity index is 3.15. The van der Waals surface area contributed by atoms with E-state index >= 15 is 0 Å². The summed E-state index contributed by atoms with van der Waals surface area (Å²) in [5.74, 6) is -3.07. The Labute approximate surface area is 207 Å². The van der Waals surface area contributed by atoms with Gasteiger partial charge in [0.05, 0.1) is 6.04 Å². The molecular weight excluding hydrogens is 454 g/mol. The summed E-state index contributed by atoms with van der Waals surface area (Å²) in [7, 11) is 1.58. The zero-order valence-electron chi connectivity index (χ0n) is 22.3. The largest absolute Gasteiger partial charge is 0.359 e. The van der Waals surface area contributed by atoms with Crippen molar-refractivity contribution in [3.05, 3.63) is 11.6 Å². The number of hydrogen-bond donors (Lipinski definition) is 3. The van der Waals surface area contributed by atoms with Crippen LogP contribution in [0.1, 0.15) is 68.2 Å². The minimum Gasteiger partial charge on any atom is -0.342 e. The molecule has 0 spiro atoms. The molecule has 0 aromatic carbocycles. The zero-order valence-corrected chi connectivity index (χ0v) is 22.3. The molecule has 0 bridgehead atoms. The van der Waals surface area contributed by atoms with Crippen LogP contribution in [0.2, 0.25) is 0 Å². The van der Waals surface area contributed by atoms with Crippen LogP contribution in [0.3, 0.4) is 0 Å². The second kappa shape index (κ2) is 11.3. The molecule has 0 unspecified atom stereocenters. The first kappa shape index (κ1) is 30.2. The number of carbonyl (C=O) groups excluding carboxylic acids is 5. The van der Waals surface area contributed by atoms with Crippen LogP contribution in [0.5, 0.6) is 0 Å². The van der Waals surface area contributed by atoms with E-state index in [1.165, 1.54) is 11.8 Å². The van der Waals surface area contributed by atoms with Gasteiger partial charge in [-0.05, 0) is 32.1 Å². The van der Waals surface area contributed by atoms with Gasteiger partial charge in [-0.1, -0.05) is 40.7 Å². The molecule has 5 N–H and O–H groups in total. The first-order valence-electron chi connectivity index (χ1n) is 11.7. The van der Waals surface area contributed by atoms with Gasteiger partial charge in [-0.3, -0.25) is 19.2 Å². The average Bonchev–Trinajstić information content (AvgIpc) is 3.04. The molecule has 1 aliphatic rings. The summed E-state index contributed by atoms with van der Waals surface area (Å²) < 4.78 is 0. The van der Waals surface area contributed by atoms with Gasteiger partial charge < -0.3 is 26.5 Å². The smallest absolute Gasteiger partial charge is 0.342 e. The number of amides is 4. The number of hydrogen-bond acceptors (Lipinski definition) is 8. The molecule has 3 atom stereocenters. The molecule has 1 aliphatic heterocycles. The van der Waals surface area contributed by atoms with Crippen LogP contribution in [0.15, 0.2) is 11.6 Å². The number of nitrogens with two attached hydrogens (primary N) is 2. The molecule has 198 valence electrons. The van der Waals surface area contributed by atoms with Crippen molar-refractivity contribution in [2.75, 3.05) is 7.05 Å². The molecule has 0 aromatic rings. The van der Waals surface area contributed by atoms with Crippen LogP contribution in [0.4, 0.5) is 0 Å². The van der Waals surface area contributed by atoms with Gasteiger partial charge >= 0.3 is 5.97 Å². The number of nitrogens with one attached hydrogen (secondary N) is 1. The van der Waals surface area contributed by atoms with E-state index in [0.29, 0.717) is 5.06 Å². The highest BCUT2D eigenvalue weighted by Gasteiger charge is 2.39. The predicted molar refractivity (Wildman–Crippen MR) is 130 cm³/mol. The number of imide groups is 1. The quantitative estimate of drug-likeness (QED) is 0.309. The first-order chi connectivity index (χ1) is 15.8. The van der Waals surface area contributed by atoms with Crippen molar-refractivity contribution in [2.24, 2.45) is 22.8 Å². The van der Waals surface area contributed by atoms with E-state index in [0.717, 1.165) is 0 Å². The van der Waals surface area contributed by atoms with E-state index in [9.17, 15) is 24.0 Å². The molecular formula is C24H41N5O6. The average molecular weight is 496 g/mol. The van der Waals surface area contributed by atoms with Gasteiger partial charge in [-0.2, -0.15) is 0 Å². The summed E-state index contributed by atoms with van der Waals surface area (Å²) in [4.78, 5) is 68.7. The van der Waals surface area contributed by atoms with E-state index in [1.54, 1.807) is 27.0 Å². The standard InChI is InChI=1S/C24H41N5O6/c1-13(2)15(12-14(3)22(34)35-29-16(30)10-11-17(29)31)28(9)21(33)19(23(4,5)6)27-20(32)18(25)24(7,8)26/h12-13,15,18-19H,10-11,25-26H2,1-9H3,(H,27,32)/b14-12+/t15-,18-,19-/m1/s1. The monoisotopic (exact) mass is 495 g/mol. The van der Waals surface area contributed by atoms with Gasteiger partial charge in [0.2, 0.25) is 11.8 Å². The number of nitrogens with zero attached hydrogens (tertiary/aromatic N) is 2. The molecule has 1 saturated heterocycles. The normalized spacial score (nSPS) is 17.8. The predicted octanol–water partition coefficient (Wildman–Crippen LogP) is 0.618. The summed E-state index contributed by atoms with van der Waals surface area (Å²) in [6.07, 6.45) is 1.53. The van der Waals surface area contributed by atoms with E-state index in [4.69, 9.17) is 16.3 Å². The van der Waals surface area contributed by atoms with Crippen LogP contribution in [-0.4, -0.2) is 70.3 Å². The van der Waals surface area contributed by atoms with E-state index in [-0.39, 0.29) is 30.2 Å². The van der Waals surface area contributed by atoms with Crippen molar-refractivity contribution in [1.82, 2.24) is 15.3 Å². The summed E-state index contributed by atoms with van der Waals surface area (Å²) >= 11 is 0. The summed E-state index contributed by atoms with van der Waals surface area (Å²) in [5, 5.41) is 3.22. The van der Waals surface area contributed by atoms with Crippen LogP contribution >= 0.6 is 0 Å². The number of rotatable bonds is 9. The van der Waals surface area contributed by atoms with Crippen molar-refractivity contribution in [3.63, 3.8) is 0 Å². The van der Waals surface area contributed by atoms with Crippen LogP contribution in [0.25, 0.3) is 0 Å². The molecule has 0 radical (unpaired) electrons. The van der Waals surface area contributed by atoms with Crippen molar-refractivity contribution >= 4 is 29.6 Å². The third-order valence-electron chi connectivity index (χ3n) is 5.88. The summed E-state index contributed by atoms with van der Waals surface area (Å²) in [6, 6.07) is -2.50. The second-order valence-corrected chi connectivity index (χ2v) is 11.1. The van der Waals surface area contributed by atoms with Crippen LogP contribution in [-0.2, 0) is 28.8 Å². The summed E-state index contributed by atoms with van der Waals surface area (Å²) in [5.41, 5.74) is 10.4. The molecule has 4 amide bonds. The highest BCUT2D eigenvalue weighted by atomic mass is 16.7. The highest BCUT2D eigenvalue weighted by Crippen LogP contribution is 2.24. The molecule has 0 saturated carbocycles. The number of carbonyl (C=O) groups is 5. The van der Waals surface area contributed by atoms with Crippen molar-refractivity contribution < 1.29 is 28.8 Å². The highest BCUT2D eigenvalue weighted by molar-refractivity contribution is 6.02. The molecule has 35 heavy (non-hydrogen) atoms. The maximum Gasteiger partial charge on any atom is 0.359 e. The second-order valence-electron chi connectivity index (χ2n) is 11.1. The Morgan fingerprint density at radius 2 is 1.57 bits per heavy atom. The zero-order chi connectivity index (χ0) is 27.5. The third kappa shape index (κ3) is 7.86. The lowest BCUT2D eigenvalue weighted by Crippen LogP contribution is -2.63. The molecule has 11 heteroatoms. The lowest BCUT2D eigenvalue weighted by molar-refractivity contribution is -0.194. The van der Waals surface area contributed by atoms with Gasteiger partial charge in [0.25, 0.3) is 11.8 Å². The SMILES string of the molecule is C/C(=C\[C@H](C(C)C)N(C)C(=O)[C@@H](NC(=O)[C@@H](N)C(C)(C)N)C(C)(C)C)C(=O)ON1C(=O)CCC1=O. The first-order valence-corrected chi connectivity index (χ1v) is 11.7. The Morgan fingerprint density at radius 1 is 1.09 bits per heavy atom. The fourth-order valence-electron chi connectivity index (χ4n) is 3.46. The van der Waals surface area contributed by atoms with Crippen molar-refractivity contribution in [1.29, 1.82) is 0 Å². The van der Waals surface area contributed by atoms with E-state index in [2.05, 4.69) is 5.32 Å². The lowest BCUT2D eigenvalue weighted by Gasteiger charge is -2.38. The maximum absolute atomic E-state index is 13.6. The molecule has 1 fully saturated rings. The van der Waals surface area contributed by atoms with E-state index < -0.39 is 52.8 Å². The van der Waals surface area contributed by atoms with Gasteiger partial charge in [0, 0.05) is 31.0 Å². The van der Waals surface area contributed by atoms with Gasteiger partial charge in [0.15, 0.2) is 0 Å². The Kier molecular flexibility index (Phi) is 9.76. The molecule has 11 nitrogen and oxygen atoms in total. The maximum atomic E-state index is 13.6. The third-order valence-corrected chi connectivity index (χ3v) is 5.88. The topological polar surface area (TPSA) is 165 Å². The minimum atomic E-state index is -1.03. The van der Waals surface area contributed by atoms with Crippen LogP contribution < -0.4 is 16.8 Å². The van der Waals surface area contributed by atoms with Gasteiger partial charge in [0.1, 0.15) is 12.1 Å². The molecule has 1 heterocycles.